The summed E-state index contributed by atoms with van der Waals surface area (Å²) in [6, 6.07) is 0. The molecule has 0 fully saturated rings. The van der Waals surface area contributed by atoms with Gasteiger partial charge in [0.05, 0.1) is 0 Å². The molecule has 0 nitrogen and oxygen atoms in total. The zero-order valence-electron chi connectivity index (χ0n) is 4.71. The average molecular weight is 225 g/mol. The second kappa shape index (κ2) is 7.09. The van der Waals surface area contributed by atoms with Crippen LogP contribution >= 0.6 is 11.6 Å². The van der Waals surface area contributed by atoms with E-state index >= 15 is 0 Å². The fourth-order valence-electron chi connectivity index (χ4n) is 0.369. The molecule has 2 heteroatoms. The van der Waals surface area contributed by atoms with Crippen LogP contribution in [0.3, 0.4) is 0 Å². The van der Waals surface area contributed by atoms with E-state index in [1.165, 1.54) is 17.3 Å². The molecule has 0 aromatic rings. The molecule has 0 saturated heterocycles. The molecule has 0 amide bonds. The summed E-state index contributed by atoms with van der Waals surface area (Å²) in [5.74, 6) is 0. The first kappa shape index (κ1) is 8.09. The Morgan fingerprint density at radius 3 is 2.71 bits per heavy atom. The van der Waals surface area contributed by atoms with Gasteiger partial charge < -0.3 is 0 Å². The summed E-state index contributed by atoms with van der Waals surface area (Å²) < 4.78 is 2.48. The van der Waals surface area contributed by atoms with Gasteiger partial charge in [-0.15, -0.1) is 0 Å². The SMILES string of the molecule is CCC[CH2][Sn][CH2]Cl. The van der Waals surface area contributed by atoms with Gasteiger partial charge in [0.15, 0.2) is 0 Å². The van der Waals surface area contributed by atoms with Crippen molar-refractivity contribution in [3.8, 4) is 0 Å². The summed E-state index contributed by atoms with van der Waals surface area (Å²) >= 11 is 5.46. The number of hydrogen-bond acceptors (Lipinski definition) is 0. The van der Waals surface area contributed by atoms with E-state index < -0.39 is 0 Å². The van der Waals surface area contributed by atoms with Crippen molar-refractivity contribution in [1.29, 1.82) is 0 Å². The fraction of sp³-hybridized carbons (Fsp3) is 1.00. The Balaban J connectivity index is 2.45. The van der Waals surface area contributed by atoms with Crippen LogP contribution in [0.25, 0.3) is 0 Å². The standard InChI is InChI=1S/C4H9.CH2Cl.Sn/c1-3-4-2;1-2;/h1,3-4H2,2H3;1H2;. The van der Waals surface area contributed by atoms with E-state index in [1.807, 2.05) is 0 Å². The van der Waals surface area contributed by atoms with Gasteiger partial charge >= 0.3 is 60.8 Å². The molecule has 0 aliphatic heterocycles. The third-order valence-corrected chi connectivity index (χ3v) is 4.63. The summed E-state index contributed by atoms with van der Waals surface area (Å²) in [6.07, 6.45) is 2.76. The molecule has 0 bridgehead atoms. The number of unbranched alkanes of at least 4 members (excludes halogenated alkanes) is 1. The molecule has 7 heavy (non-hydrogen) atoms. The van der Waals surface area contributed by atoms with Gasteiger partial charge in [0.1, 0.15) is 0 Å². The van der Waals surface area contributed by atoms with Gasteiger partial charge in [0.2, 0.25) is 0 Å². The summed E-state index contributed by atoms with van der Waals surface area (Å²) in [5.41, 5.74) is 0. The molecule has 0 saturated carbocycles. The normalized spacial score (nSPS) is 9.43. The van der Waals surface area contributed by atoms with Crippen molar-refractivity contribution in [3.63, 3.8) is 0 Å². The summed E-state index contributed by atoms with van der Waals surface area (Å²) in [4.78, 5) is 0. The van der Waals surface area contributed by atoms with Crippen molar-refractivity contribution in [2.24, 2.45) is 0 Å². The maximum atomic E-state index is 5.51. The van der Waals surface area contributed by atoms with Crippen LogP contribution in [0.15, 0.2) is 0 Å². The summed E-state index contributed by atoms with van der Waals surface area (Å²) in [5, 5.41) is 0. The van der Waals surface area contributed by atoms with E-state index in [0.29, 0.717) is 0 Å². The van der Waals surface area contributed by atoms with E-state index in [9.17, 15) is 0 Å². The second-order valence-corrected chi connectivity index (χ2v) is 6.90. The van der Waals surface area contributed by atoms with Crippen molar-refractivity contribution in [2.75, 3.05) is 3.90 Å². The summed E-state index contributed by atoms with van der Waals surface area (Å²) in [7, 11) is 0. The minimum absolute atomic E-state index is 0.0509. The Morgan fingerprint density at radius 2 is 2.29 bits per heavy atom. The van der Waals surface area contributed by atoms with Gasteiger partial charge in [-0.3, -0.25) is 0 Å². The third-order valence-electron chi connectivity index (χ3n) is 0.802. The molecule has 0 N–H and O–H groups in total. The minimum atomic E-state index is -0.0509. The van der Waals surface area contributed by atoms with Crippen molar-refractivity contribution >= 4 is 32.7 Å². The Hall–Kier alpha value is 1.09. The zero-order valence-corrected chi connectivity index (χ0v) is 8.32. The first-order chi connectivity index (χ1) is 3.41. The van der Waals surface area contributed by atoms with Crippen LogP contribution in [0.5, 0.6) is 0 Å². The molecule has 0 aromatic carbocycles. The van der Waals surface area contributed by atoms with Gasteiger partial charge in [-0.05, 0) is 0 Å². The number of alkyl halides is 1. The zero-order chi connectivity index (χ0) is 5.54. The second-order valence-electron chi connectivity index (χ2n) is 1.49. The first-order valence-electron chi connectivity index (χ1n) is 2.68. The van der Waals surface area contributed by atoms with Crippen LogP contribution in [0.2, 0.25) is 4.44 Å². The van der Waals surface area contributed by atoms with E-state index in [2.05, 4.69) is 6.92 Å². The Kier molecular flexibility index (Phi) is 8.19. The maximum absolute atomic E-state index is 5.51. The topological polar surface area (TPSA) is 0 Å². The Bertz CT molecular complexity index is 27.3. The third kappa shape index (κ3) is 7.09. The molecule has 0 atom stereocenters. The monoisotopic (exact) mass is 226 g/mol. The average Bonchev–Trinajstić information content (AvgIpc) is 1.69. The molecule has 0 spiro atoms. The number of hydrogen-bond donors (Lipinski definition) is 0. The van der Waals surface area contributed by atoms with Crippen molar-refractivity contribution in [3.05, 3.63) is 0 Å². The number of rotatable bonds is 4. The van der Waals surface area contributed by atoms with Crippen molar-refractivity contribution < 1.29 is 0 Å². The molecular weight excluding hydrogens is 214 g/mol. The molecule has 0 aliphatic carbocycles. The van der Waals surface area contributed by atoms with Crippen LogP contribution in [-0.4, -0.2) is 25.0 Å². The quantitative estimate of drug-likeness (QED) is 0.390. The predicted molar refractivity (Wildman–Crippen MR) is 36.2 cm³/mol. The van der Waals surface area contributed by atoms with E-state index in [4.69, 9.17) is 11.6 Å². The van der Waals surface area contributed by atoms with E-state index in [1.54, 1.807) is 0 Å². The Morgan fingerprint density at radius 1 is 1.57 bits per heavy atom. The number of halogens is 1. The molecule has 42 valence electrons. The molecule has 0 aliphatic rings. The predicted octanol–water partition coefficient (Wildman–Crippen LogP) is 2.11. The van der Waals surface area contributed by atoms with Crippen LogP contribution < -0.4 is 0 Å². The van der Waals surface area contributed by atoms with Crippen molar-refractivity contribution in [1.82, 2.24) is 0 Å². The van der Waals surface area contributed by atoms with E-state index in [-0.39, 0.29) is 21.1 Å². The molecule has 0 aromatic heterocycles. The first-order valence-corrected chi connectivity index (χ1v) is 7.25. The van der Waals surface area contributed by atoms with Crippen LogP contribution in [0.1, 0.15) is 19.8 Å². The van der Waals surface area contributed by atoms with Gasteiger partial charge in [-0.2, -0.15) is 0 Å². The van der Waals surface area contributed by atoms with Gasteiger partial charge in [0.25, 0.3) is 0 Å². The molecular formula is C5H11ClSn. The van der Waals surface area contributed by atoms with Gasteiger partial charge in [0, 0.05) is 0 Å². The van der Waals surface area contributed by atoms with Gasteiger partial charge in [-0.1, -0.05) is 0 Å². The van der Waals surface area contributed by atoms with Crippen LogP contribution in [-0.2, 0) is 0 Å². The van der Waals surface area contributed by atoms with E-state index in [0.717, 1.165) is 3.90 Å². The van der Waals surface area contributed by atoms with Crippen molar-refractivity contribution in [2.45, 2.75) is 24.2 Å². The van der Waals surface area contributed by atoms with Gasteiger partial charge in [-0.25, -0.2) is 0 Å². The molecule has 0 unspecified atom stereocenters. The fourth-order valence-corrected chi connectivity index (χ4v) is 3.37. The molecule has 0 rings (SSSR count). The molecule has 0 heterocycles. The van der Waals surface area contributed by atoms with Crippen LogP contribution in [0.4, 0.5) is 0 Å². The Labute approximate surface area is 60.8 Å². The van der Waals surface area contributed by atoms with Crippen LogP contribution in [0, 0.1) is 0 Å². The summed E-state index contributed by atoms with van der Waals surface area (Å²) in [6.45, 7) is 2.23. The molecule has 2 radical (unpaired) electrons.